The fraction of sp³-hybridized carbons (Fsp3) is 1.00. The molecule has 0 N–H and O–H groups in total. The third kappa shape index (κ3) is 6.48. The molecule has 17 heavy (non-hydrogen) atoms. The first-order valence-corrected chi connectivity index (χ1v) is 7.90. The van der Waals surface area contributed by atoms with Crippen LogP contribution in [0.1, 0.15) is 88.0 Å². The van der Waals surface area contributed by atoms with Crippen molar-refractivity contribution in [2.45, 2.75) is 88.0 Å². The first-order chi connectivity index (χ1) is 7.90. The molecule has 0 heterocycles. The van der Waals surface area contributed by atoms with E-state index < -0.39 is 0 Å². The molecule has 0 bridgehead atoms. The highest BCUT2D eigenvalue weighted by Crippen LogP contribution is 2.50. The Balaban J connectivity index is 0. The van der Waals surface area contributed by atoms with Crippen molar-refractivity contribution in [3.63, 3.8) is 0 Å². The van der Waals surface area contributed by atoms with Gasteiger partial charge in [-0.1, -0.05) is 75.2 Å². The van der Waals surface area contributed by atoms with Crippen LogP contribution in [-0.2, 0) is 0 Å². The van der Waals surface area contributed by atoms with E-state index in [9.17, 15) is 0 Å². The minimum Gasteiger partial charge on any atom is -0.0683 e. The van der Waals surface area contributed by atoms with E-state index in [2.05, 4.69) is 48.5 Å². The maximum absolute atomic E-state index is 2.45. The molecule has 0 radical (unpaired) electrons. The monoisotopic (exact) mass is 242 g/mol. The van der Waals surface area contributed by atoms with Gasteiger partial charge in [-0.25, -0.2) is 0 Å². The summed E-state index contributed by atoms with van der Waals surface area (Å²) >= 11 is 0. The zero-order valence-corrected chi connectivity index (χ0v) is 14.1. The fourth-order valence-corrected chi connectivity index (χ4v) is 3.45. The van der Waals surface area contributed by atoms with Crippen LogP contribution in [-0.4, -0.2) is 0 Å². The summed E-state index contributed by atoms with van der Waals surface area (Å²) in [5, 5.41) is 0. The molecule has 0 spiro atoms. The molecule has 0 aromatic carbocycles. The summed E-state index contributed by atoms with van der Waals surface area (Å²) in [6, 6.07) is 0. The van der Waals surface area contributed by atoms with Gasteiger partial charge in [0.1, 0.15) is 0 Å². The zero-order chi connectivity index (χ0) is 14.1. The highest BCUT2D eigenvalue weighted by atomic mass is 14.5. The van der Waals surface area contributed by atoms with E-state index in [1.54, 1.807) is 0 Å². The van der Waals surface area contributed by atoms with Gasteiger partial charge >= 0.3 is 0 Å². The lowest BCUT2D eigenvalue weighted by atomic mass is 9.72. The van der Waals surface area contributed by atoms with Gasteiger partial charge < -0.3 is 0 Å². The molecular weight excluding hydrogens is 204 g/mol. The first-order valence-electron chi connectivity index (χ1n) is 7.90. The van der Waals surface area contributed by atoms with Crippen LogP contribution in [0.25, 0.3) is 0 Å². The van der Waals surface area contributed by atoms with Gasteiger partial charge in [0.25, 0.3) is 0 Å². The summed E-state index contributed by atoms with van der Waals surface area (Å²) in [5.74, 6) is 2.83. The van der Waals surface area contributed by atoms with Crippen LogP contribution in [0.2, 0.25) is 0 Å². The fourth-order valence-electron chi connectivity index (χ4n) is 3.45. The van der Waals surface area contributed by atoms with Crippen LogP contribution in [0.3, 0.4) is 0 Å². The minimum absolute atomic E-state index is 0.606. The second-order valence-electron chi connectivity index (χ2n) is 6.17. The summed E-state index contributed by atoms with van der Waals surface area (Å²) < 4.78 is 0. The average Bonchev–Trinajstić information content (AvgIpc) is 2.57. The van der Waals surface area contributed by atoms with Crippen molar-refractivity contribution < 1.29 is 0 Å². The second-order valence-corrected chi connectivity index (χ2v) is 6.17. The van der Waals surface area contributed by atoms with Crippen molar-refractivity contribution in [3.8, 4) is 0 Å². The lowest BCUT2D eigenvalue weighted by Crippen LogP contribution is -2.26. The van der Waals surface area contributed by atoms with Crippen LogP contribution in [0.15, 0.2) is 0 Å². The summed E-state index contributed by atoms with van der Waals surface area (Å²) in [6.45, 7) is 20.3. The Morgan fingerprint density at radius 3 is 1.71 bits per heavy atom. The van der Waals surface area contributed by atoms with Crippen LogP contribution in [0.5, 0.6) is 0 Å². The molecule has 1 rings (SSSR count). The molecule has 0 unspecified atom stereocenters. The third-order valence-corrected chi connectivity index (χ3v) is 3.81. The van der Waals surface area contributed by atoms with E-state index in [4.69, 9.17) is 0 Å². The number of hydrogen-bond donors (Lipinski definition) is 0. The maximum Gasteiger partial charge on any atom is -0.0311 e. The maximum atomic E-state index is 2.45. The standard InChI is InChI=1S/C12H24.C3H8.C2H6/c1-6-10-7-8-12(4,5)11(10)9(2)3;1-3-2;1-2/h9-11H,6-8H2,1-5H3;3H2,1-2H3;1-2H3/t10-,11-;;/m0../s1. The van der Waals surface area contributed by atoms with Gasteiger partial charge in [-0.15, -0.1) is 0 Å². The summed E-state index contributed by atoms with van der Waals surface area (Å²) in [6.07, 6.45) is 5.53. The van der Waals surface area contributed by atoms with E-state index in [-0.39, 0.29) is 0 Å². The molecule has 2 atom stereocenters. The molecule has 1 aliphatic rings. The molecule has 0 aromatic heterocycles. The first kappa shape index (κ1) is 19.3. The Kier molecular flexibility index (Phi) is 11.3. The van der Waals surface area contributed by atoms with E-state index in [1.165, 1.54) is 25.7 Å². The largest absolute Gasteiger partial charge is 0.0683 e. The van der Waals surface area contributed by atoms with Gasteiger partial charge in [-0.2, -0.15) is 0 Å². The van der Waals surface area contributed by atoms with Crippen LogP contribution < -0.4 is 0 Å². The Morgan fingerprint density at radius 2 is 1.47 bits per heavy atom. The van der Waals surface area contributed by atoms with Gasteiger partial charge in [0, 0.05) is 0 Å². The lowest BCUT2D eigenvalue weighted by molar-refractivity contribution is 0.154. The van der Waals surface area contributed by atoms with Gasteiger partial charge in [0.05, 0.1) is 0 Å². The number of rotatable bonds is 2. The molecule has 1 aliphatic carbocycles. The molecule has 0 aliphatic heterocycles. The predicted molar refractivity (Wildman–Crippen MR) is 82.4 cm³/mol. The minimum atomic E-state index is 0.606. The smallest absolute Gasteiger partial charge is 0.0311 e. The molecule has 1 saturated carbocycles. The molecule has 1 fully saturated rings. The highest BCUT2D eigenvalue weighted by molar-refractivity contribution is 4.91. The van der Waals surface area contributed by atoms with E-state index in [0.29, 0.717) is 5.41 Å². The Bertz CT molecular complexity index is 155. The van der Waals surface area contributed by atoms with Crippen LogP contribution in [0, 0.1) is 23.2 Å². The third-order valence-electron chi connectivity index (χ3n) is 3.81. The highest BCUT2D eigenvalue weighted by Gasteiger charge is 2.42. The molecule has 0 heteroatoms. The molecule has 0 aromatic rings. The lowest BCUT2D eigenvalue weighted by Gasteiger charge is -2.33. The normalized spacial score (nSPS) is 25.8. The molecule has 0 nitrogen and oxygen atoms in total. The topological polar surface area (TPSA) is 0 Å². The number of hydrogen-bond acceptors (Lipinski definition) is 0. The van der Waals surface area contributed by atoms with E-state index in [0.717, 1.165) is 17.8 Å². The van der Waals surface area contributed by atoms with Gasteiger partial charge in [0.15, 0.2) is 0 Å². The second kappa shape index (κ2) is 9.97. The molecule has 0 saturated heterocycles. The van der Waals surface area contributed by atoms with Gasteiger partial charge in [0.2, 0.25) is 0 Å². The predicted octanol–water partition coefficient (Wildman–Crippen LogP) is 6.55. The summed E-state index contributed by atoms with van der Waals surface area (Å²) in [7, 11) is 0. The van der Waals surface area contributed by atoms with Gasteiger partial charge in [-0.05, 0) is 36.0 Å². The van der Waals surface area contributed by atoms with Crippen LogP contribution in [0.4, 0.5) is 0 Å². The summed E-state index contributed by atoms with van der Waals surface area (Å²) in [5.41, 5.74) is 0.606. The van der Waals surface area contributed by atoms with Crippen LogP contribution >= 0.6 is 0 Å². The Hall–Kier alpha value is 0. The van der Waals surface area contributed by atoms with E-state index >= 15 is 0 Å². The van der Waals surface area contributed by atoms with Crippen molar-refractivity contribution in [2.24, 2.45) is 23.2 Å². The summed E-state index contributed by atoms with van der Waals surface area (Å²) in [4.78, 5) is 0. The van der Waals surface area contributed by atoms with Crippen molar-refractivity contribution in [1.29, 1.82) is 0 Å². The quantitative estimate of drug-likeness (QED) is 0.515. The van der Waals surface area contributed by atoms with E-state index in [1.807, 2.05) is 13.8 Å². The van der Waals surface area contributed by atoms with Gasteiger partial charge in [-0.3, -0.25) is 0 Å². The van der Waals surface area contributed by atoms with Crippen molar-refractivity contribution in [1.82, 2.24) is 0 Å². The Labute approximate surface area is 112 Å². The Morgan fingerprint density at radius 1 is 1.06 bits per heavy atom. The average molecular weight is 242 g/mol. The van der Waals surface area contributed by atoms with Crippen molar-refractivity contribution in [2.75, 3.05) is 0 Å². The van der Waals surface area contributed by atoms with Crippen molar-refractivity contribution >= 4 is 0 Å². The van der Waals surface area contributed by atoms with Crippen molar-refractivity contribution in [3.05, 3.63) is 0 Å². The molecular formula is C17H38. The molecule has 0 amide bonds. The zero-order valence-electron chi connectivity index (χ0n) is 14.1. The molecule has 106 valence electrons. The SMILES string of the molecule is CC.CCC.CC[C@H]1CCC(C)(C)[C@H]1C(C)C.